The van der Waals surface area contributed by atoms with Crippen molar-refractivity contribution in [3.8, 4) is 0 Å². The molecule has 0 aromatic heterocycles. The lowest BCUT2D eigenvalue weighted by atomic mass is 9.98. The Labute approximate surface area is 92.1 Å². The molecule has 2 nitrogen and oxygen atoms in total. The van der Waals surface area contributed by atoms with Gasteiger partial charge in [0, 0.05) is 19.1 Å². The van der Waals surface area contributed by atoms with E-state index in [1.807, 2.05) is 0 Å². The van der Waals surface area contributed by atoms with Gasteiger partial charge in [-0.3, -0.25) is 0 Å². The van der Waals surface area contributed by atoms with Gasteiger partial charge >= 0.3 is 0 Å². The van der Waals surface area contributed by atoms with Gasteiger partial charge < -0.3 is 10.6 Å². The Morgan fingerprint density at radius 2 is 2.07 bits per heavy atom. The van der Waals surface area contributed by atoms with Crippen molar-refractivity contribution < 1.29 is 0 Å². The van der Waals surface area contributed by atoms with Crippen LogP contribution in [0.2, 0.25) is 0 Å². The molecule has 0 aliphatic carbocycles. The molecule has 0 radical (unpaired) electrons. The van der Waals surface area contributed by atoms with Gasteiger partial charge in [-0.2, -0.15) is 0 Å². The van der Waals surface area contributed by atoms with Crippen LogP contribution in [0.5, 0.6) is 0 Å². The first kappa shape index (κ1) is 10.7. The second-order valence-electron chi connectivity index (χ2n) is 4.41. The van der Waals surface area contributed by atoms with Crippen LogP contribution in [0.4, 0.5) is 0 Å². The third-order valence-electron chi connectivity index (χ3n) is 3.16. The summed E-state index contributed by atoms with van der Waals surface area (Å²) in [6, 6.07) is 11.5. The molecule has 2 N–H and O–H groups in total. The average molecular weight is 204 g/mol. The number of benzene rings is 1. The second kappa shape index (κ2) is 5.29. The molecule has 1 atom stereocenters. The van der Waals surface area contributed by atoms with E-state index in [-0.39, 0.29) is 0 Å². The highest BCUT2D eigenvalue weighted by molar-refractivity contribution is 5.18. The minimum Gasteiger partial charge on any atom is -0.314 e. The Balaban J connectivity index is 1.70. The molecule has 15 heavy (non-hydrogen) atoms. The standard InChI is InChI=1S/C13H20N2/c1-11(12-5-3-2-4-6-12)7-8-15-13-9-14-10-13/h2-6,11,13-15H,7-10H2,1H3. The highest BCUT2D eigenvalue weighted by atomic mass is 15.1. The van der Waals surface area contributed by atoms with Crippen LogP contribution in [0.25, 0.3) is 0 Å². The van der Waals surface area contributed by atoms with Crippen molar-refractivity contribution in [2.45, 2.75) is 25.3 Å². The molecule has 2 rings (SSSR count). The van der Waals surface area contributed by atoms with Crippen LogP contribution in [0, 0.1) is 0 Å². The van der Waals surface area contributed by atoms with Crippen LogP contribution in [0.1, 0.15) is 24.8 Å². The van der Waals surface area contributed by atoms with Gasteiger partial charge in [0.05, 0.1) is 0 Å². The quantitative estimate of drug-likeness (QED) is 0.763. The molecule has 1 heterocycles. The smallest absolute Gasteiger partial charge is 0.0317 e. The van der Waals surface area contributed by atoms with Gasteiger partial charge in [0.1, 0.15) is 0 Å². The van der Waals surface area contributed by atoms with Gasteiger partial charge in [-0.05, 0) is 24.4 Å². The monoisotopic (exact) mass is 204 g/mol. The molecular formula is C13H20N2. The van der Waals surface area contributed by atoms with Gasteiger partial charge in [0.15, 0.2) is 0 Å². The van der Waals surface area contributed by atoms with Crippen molar-refractivity contribution in [1.82, 2.24) is 10.6 Å². The molecule has 1 aliphatic heterocycles. The maximum absolute atomic E-state index is 3.56. The zero-order valence-electron chi connectivity index (χ0n) is 9.37. The molecule has 1 aromatic rings. The lowest BCUT2D eigenvalue weighted by Gasteiger charge is -2.28. The highest BCUT2D eigenvalue weighted by Crippen LogP contribution is 2.17. The van der Waals surface area contributed by atoms with E-state index in [0.717, 1.165) is 19.6 Å². The molecule has 1 unspecified atom stereocenters. The Morgan fingerprint density at radius 1 is 1.33 bits per heavy atom. The zero-order valence-corrected chi connectivity index (χ0v) is 9.37. The van der Waals surface area contributed by atoms with Crippen molar-refractivity contribution >= 4 is 0 Å². The molecule has 0 amide bonds. The highest BCUT2D eigenvalue weighted by Gasteiger charge is 2.15. The molecule has 1 aromatic carbocycles. The van der Waals surface area contributed by atoms with Crippen LogP contribution in [-0.2, 0) is 0 Å². The molecule has 0 saturated carbocycles. The summed E-state index contributed by atoms with van der Waals surface area (Å²) in [6.45, 7) is 5.71. The van der Waals surface area contributed by atoms with E-state index in [9.17, 15) is 0 Å². The van der Waals surface area contributed by atoms with Crippen LogP contribution < -0.4 is 10.6 Å². The van der Waals surface area contributed by atoms with E-state index in [1.165, 1.54) is 12.0 Å². The molecule has 82 valence electrons. The summed E-state index contributed by atoms with van der Waals surface area (Å²) in [5, 5.41) is 6.83. The first-order valence-electron chi connectivity index (χ1n) is 5.85. The third-order valence-corrected chi connectivity index (χ3v) is 3.16. The fraction of sp³-hybridized carbons (Fsp3) is 0.538. The molecule has 0 bridgehead atoms. The van der Waals surface area contributed by atoms with Crippen molar-refractivity contribution in [1.29, 1.82) is 0 Å². The van der Waals surface area contributed by atoms with Crippen molar-refractivity contribution in [3.63, 3.8) is 0 Å². The number of rotatable bonds is 5. The minimum absolute atomic E-state index is 0.659. The molecule has 1 aliphatic rings. The Hall–Kier alpha value is -0.860. The molecular weight excluding hydrogens is 184 g/mol. The lowest BCUT2D eigenvalue weighted by Crippen LogP contribution is -2.55. The third kappa shape index (κ3) is 3.05. The first-order chi connectivity index (χ1) is 7.36. The van der Waals surface area contributed by atoms with E-state index >= 15 is 0 Å². The van der Waals surface area contributed by atoms with E-state index in [4.69, 9.17) is 0 Å². The Kier molecular flexibility index (Phi) is 3.75. The summed E-state index contributed by atoms with van der Waals surface area (Å²) in [4.78, 5) is 0. The first-order valence-corrected chi connectivity index (χ1v) is 5.85. The van der Waals surface area contributed by atoms with Crippen molar-refractivity contribution in [2.24, 2.45) is 0 Å². The second-order valence-corrected chi connectivity index (χ2v) is 4.41. The largest absolute Gasteiger partial charge is 0.314 e. The minimum atomic E-state index is 0.659. The molecule has 0 spiro atoms. The SMILES string of the molecule is CC(CCNC1CNC1)c1ccccc1. The fourth-order valence-corrected chi connectivity index (χ4v) is 1.89. The van der Waals surface area contributed by atoms with E-state index in [2.05, 4.69) is 47.9 Å². The predicted octanol–water partition coefficient (Wildman–Crippen LogP) is 1.74. The average Bonchev–Trinajstić information content (AvgIpc) is 2.23. The van der Waals surface area contributed by atoms with Crippen LogP contribution in [0.15, 0.2) is 30.3 Å². The normalized spacial score (nSPS) is 18.5. The van der Waals surface area contributed by atoms with E-state index in [1.54, 1.807) is 0 Å². The Morgan fingerprint density at radius 3 is 2.67 bits per heavy atom. The predicted molar refractivity (Wildman–Crippen MR) is 64.1 cm³/mol. The summed E-state index contributed by atoms with van der Waals surface area (Å²) in [7, 11) is 0. The van der Waals surface area contributed by atoms with Gasteiger partial charge in [0.25, 0.3) is 0 Å². The van der Waals surface area contributed by atoms with Crippen molar-refractivity contribution in [3.05, 3.63) is 35.9 Å². The summed E-state index contributed by atoms with van der Waals surface area (Å²) in [6.07, 6.45) is 1.22. The topological polar surface area (TPSA) is 24.1 Å². The summed E-state index contributed by atoms with van der Waals surface area (Å²) < 4.78 is 0. The maximum Gasteiger partial charge on any atom is 0.0317 e. The van der Waals surface area contributed by atoms with Crippen LogP contribution in [-0.4, -0.2) is 25.7 Å². The molecule has 1 fully saturated rings. The molecule has 1 saturated heterocycles. The summed E-state index contributed by atoms with van der Waals surface area (Å²) in [5.74, 6) is 0.659. The van der Waals surface area contributed by atoms with E-state index in [0.29, 0.717) is 12.0 Å². The van der Waals surface area contributed by atoms with Crippen LogP contribution >= 0.6 is 0 Å². The van der Waals surface area contributed by atoms with E-state index < -0.39 is 0 Å². The zero-order chi connectivity index (χ0) is 10.5. The number of hydrogen-bond acceptors (Lipinski definition) is 2. The lowest BCUT2D eigenvalue weighted by molar-refractivity contribution is 0.361. The van der Waals surface area contributed by atoms with Gasteiger partial charge in [-0.1, -0.05) is 37.3 Å². The van der Waals surface area contributed by atoms with Gasteiger partial charge in [0.2, 0.25) is 0 Å². The van der Waals surface area contributed by atoms with Gasteiger partial charge in [-0.25, -0.2) is 0 Å². The van der Waals surface area contributed by atoms with Crippen molar-refractivity contribution in [2.75, 3.05) is 19.6 Å². The maximum atomic E-state index is 3.56. The van der Waals surface area contributed by atoms with Gasteiger partial charge in [-0.15, -0.1) is 0 Å². The van der Waals surface area contributed by atoms with Crippen LogP contribution in [0.3, 0.4) is 0 Å². The fourth-order valence-electron chi connectivity index (χ4n) is 1.89. The molecule has 2 heteroatoms. The summed E-state index contributed by atoms with van der Waals surface area (Å²) >= 11 is 0. The summed E-state index contributed by atoms with van der Waals surface area (Å²) in [5.41, 5.74) is 1.45. The number of hydrogen-bond donors (Lipinski definition) is 2. The number of nitrogens with one attached hydrogen (secondary N) is 2. The Bertz CT molecular complexity index is 280.